The zero-order chi connectivity index (χ0) is 14.5. The molecule has 1 atom stereocenters. The molecule has 1 N–H and O–H groups in total. The van der Waals surface area contributed by atoms with Crippen LogP contribution in [0.15, 0.2) is 29.6 Å². The Morgan fingerprint density at radius 3 is 2.50 bits per heavy atom. The van der Waals surface area contributed by atoms with Crippen molar-refractivity contribution in [2.75, 3.05) is 14.2 Å². The molecule has 0 aliphatic carbocycles. The van der Waals surface area contributed by atoms with E-state index in [2.05, 4.69) is 36.7 Å². The molecule has 0 aliphatic rings. The van der Waals surface area contributed by atoms with E-state index in [1.54, 1.807) is 25.6 Å². The molecule has 2 rings (SSSR count). The van der Waals surface area contributed by atoms with Gasteiger partial charge in [-0.05, 0) is 48.6 Å². The summed E-state index contributed by atoms with van der Waals surface area (Å²) in [7, 11) is 3.31. The quantitative estimate of drug-likeness (QED) is 0.875. The van der Waals surface area contributed by atoms with Gasteiger partial charge in [0.05, 0.1) is 14.2 Å². The number of thiophene rings is 1. The summed E-state index contributed by atoms with van der Waals surface area (Å²) in [5.41, 5.74) is 2.53. The molecule has 0 aliphatic heterocycles. The monoisotopic (exact) mass is 291 g/mol. The molecular weight excluding hydrogens is 270 g/mol. The van der Waals surface area contributed by atoms with Gasteiger partial charge in [0.25, 0.3) is 0 Å². The second kappa shape index (κ2) is 6.77. The first-order valence-corrected chi connectivity index (χ1v) is 7.52. The Kier molecular flexibility index (Phi) is 5.04. The number of nitrogens with one attached hydrogen (secondary N) is 1. The van der Waals surface area contributed by atoms with E-state index in [0.29, 0.717) is 6.04 Å². The minimum absolute atomic E-state index is 0.350. The van der Waals surface area contributed by atoms with Gasteiger partial charge in [-0.2, -0.15) is 0 Å². The third-order valence-electron chi connectivity index (χ3n) is 3.36. The molecule has 2 aromatic rings. The van der Waals surface area contributed by atoms with E-state index in [-0.39, 0.29) is 0 Å². The van der Waals surface area contributed by atoms with Crippen molar-refractivity contribution in [1.29, 1.82) is 0 Å². The molecule has 0 bridgehead atoms. The van der Waals surface area contributed by atoms with Crippen LogP contribution in [0.3, 0.4) is 0 Å². The first-order valence-electron chi connectivity index (χ1n) is 6.64. The fourth-order valence-electron chi connectivity index (χ4n) is 2.18. The lowest BCUT2D eigenvalue weighted by molar-refractivity contribution is 0.354. The predicted molar refractivity (Wildman–Crippen MR) is 83.9 cm³/mol. The largest absolute Gasteiger partial charge is 0.493 e. The summed E-state index contributed by atoms with van der Waals surface area (Å²) in [6, 6.07) is 8.52. The fraction of sp³-hybridized carbons (Fsp3) is 0.375. The molecule has 4 heteroatoms. The normalized spacial score (nSPS) is 12.2. The Balaban J connectivity index is 2.02. The molecule has 0 spiro atoms. The van der Waals surface area contributed by atoms with Crippen LogP contribution in [0.5, 0.6) is 11.5 Å². The Hall–Kier alpha value is -1.52. The maximum atomic E-state index is 5.32. The van der Waals surface area contributed by atoms with Gasteiger partial charge in [0, 0.05) is 17.5 Å². The topological polar surface area (TPSA) is 30.5 Å². The third kappa shape index (κ3) is 3.32. The highest BCUT2D eigenvalue weighted by Gasteiger charge is 2.10. The number of benzene rings is 1. The van der Waals surface area contributed by atoms with Crippen LogP contribution in [0.4, 0.5) is 0 Å². The Morgan fingerprint density at radius 2 is 1.90 bits per heavy atom. The molecule has 0 radical (unpaired) electrons. The standard InChI is InChI=1S/C16H21NO2S/c1-11-7-8-20-16(11)12(2)17-10-13-5-6-14(18-3)15(9-13)19-4/h5-9,12,17H,10H2,1-4H3. The van der Waals surface area contributed by atoms with Gasteiger partial charge in [0.2, 0.25) is 0 Å². The fourth-order valence-corrected chi connectivity index (χ4v) is 3.14. The van der Waals surface area contributed by atoms with E-state index >= 15 is 0 Å². The Morgan fingerprint density at radius 1 is 1.15 bits per heavy atom. The molecule has 1 aromatic heterocycles. The van der Waals surface area contributed by atoms with Crippen molar-refractivity contribution < 1.29 is 9.47 Å². The molecule has 0 fully saturated rings. The summed E-state index contributed by atoms with van der Waals surface area (Å²) in [6.07, 6.45) is 0. The van der Waals surface area contributed by atoms with E-state index < -0.39 is 0 Å². The van der Waals surface area contributed by atoms with Crippen LogP contribution < -0.4 is 14.8 Å². The van der Waals surface area contributed by atoms with Crippen LogP contribution in [0.1, 0.15) is 29.0 Å². The van der Waals surface area contributed by atoms with Crippen LogP contribution in [-0.4, -0.2) is 14.2 Å². The van der Waals surface area contributed by atoms with Crippen molar-refractivity contribution >= 4 is 11.3 Å². The van der Waals surface area contributed by atoms with Crippen molar-refractivity contribution in [2.24, 2.45) is 0 Å². The van der Waals surface area contributed by atoms with Gasteiger partial charge in [0.15, 0.2) is 11.5 Å². The van der Waals surface area contributed by atoms with E-state index in [1.165, 1.54) is 16.0 Å². The van der Waals surface area contributed by atoms with Crippen molar-refractivity contribution in [2.45, 2.75) is 26.4 Å². The molecule has 1 heterocycles. The molecule has 0 saturated heterocycles. The molecule has 20 heavy (non-hydrogen) atoms. The summed E-state index contributed by atoms with van der Waals surface area (Å²) in [5, 5.41) is 5.68. The third-order valence-corrected chi connectivity index (χ3v) is 4.56. The zero-order valence-corrected chi connectivity index (χ0v) is 13.2. The molecule has 3 nitrogen and oxygen atoms in total. The minimum atomic E-state index is 0.350. The van der Waals surface area contributed by atoms with Crippen LogP contribution in [0, 0.1) is 6.92 Å². The highest BCUT2D eigenvalue weighted by Crippen LogP contribution is 2.28. The van der Waals surface area contributed by atoms with Gasteiger partial charge in [0.1, 0.15) is 0 Å². The highest BCUT2D eigenvalue weighted by atomic mass is 32.1. The number of ether oxygens (including phenoxy) is 2. The smallest absolute Gasteiger partial charge is 0.161 e. The SMILES string of the molecule is COc1ccc(CNC(C)c2sccc2C)cc1OC. The van der Waals surface area contributed by atoms with Gasteiger partial charge >= 0.3 is 0 Å². The predicted octanol–water partition coefficient (Wildman–Crippen LogP) is 3.92. The van der Waals surface area contributed by atoms with E-state index in [9.17, 15) is 0 Å². The molecule has 1 aromatic carbocycles. The van der Waals surface area contributed by atoms with Crippen LogP contribution in [-0.2, 0) is 6.54 Å². The van der Waals surface area contributed by atoms with Crippen molar-refractivity contribution in [1.82, 2.24) is 5.32 Å². The van der Waals surface area contributed by atoms with Crippen LogP contribution >= 0.6 is 11.3 Å². The Bertz CT molecular complexity index is 565. The summed E-state index contributed by atoms with van der Waals surface area (Å²) in [4.78, 5) is 1.39. The second-order valence-corrected chi connectivity index (χ2v) is 5.71. The molecule has 1 unspecified atom stereocenters. The average molecular weight is 291 g/mol. The first-order chi connectivity index (χ1) is 9.65. The summed E-state index contributed by atoms with van der Waals surface area (Å²) in [5.74, 6) is 1.53. The van der Waals surface area contributed by atoms with Crippen molar-refractivity contribution in [3.05, 3.63) is 45.6 Å². The summed E-state index contributed by atoms with van der Waals surface area (Å²) in [6.45, 7) is 5.15. The Labute approximate surface area is 124 Å². The van der Waals surface area contributed by atoms with Crippen molar-refractivity contribution in [3.63, 3.8) is 0 Å². The maximum Gasteiger partial charge on any atom is 0.161 e. The zero-order valence-electron chi connectivity index (χ0n) is 12.4. The van der Waals surface area contributed by atoms with E-state index in [1.807, 2.05) is 12.1 Å². The lowest BCUT2D eigenvalue weighted by Crippen LogP contribution is -2.17. The van der Waals surface area contributed by atoms with Crippen LogP contribution in [0.2, 0.25) is 0 Å². The van der Waals surface area contributed by atoms with Gasteiger partial charge in [-0.15, -0.1) is 11.3 Å². The number of hydrogen-bond acceptors (Lipinski definition) is 4. The molecule has 0 amide bonds. The maximum absolute atomic E-state index is 5.32. The number of aryl methyl sites for hydroxylation is 1. The number of methoxy groups -OCH3 is 2. The van der Waals surface area contributed by atoms with E-state index in [0.717, 1.165) is 18.0 Å². The minimum Gasteiger partial charge on any atom is -0.493 e. The average Bonchev–Trinajstić information content (AvgIpc) is 2.90. The lowest BCUT2D eigenvalue weighted by atomic mass is 10.1. The van der Waals surface area contributed by atoms with Gasteiger partial charge < -0.3 is 14.8 Å². The second-order valence-electron chi connectivity index (χ2n) is 4.76. The molecule has 0 saturated carbocycles. The van der Waals surface area contributed by atoms with Crippen LogP contribution in [0.25, 0.3) is 0 Å². The van der Waals surface area contributed by atoms with Gasteiger partial charge in [-0.1, -0.05) is 6.07 Å². The molecule has 108 valence electrons. The highest BCUT2D eigenvalue weighted by molar-refractivity contribution is 7.10. The van der Waals surface area contributed by atoms with E-state index in [4.69, 9.17) is 9.47 Å². The number of rotatable bonds is 6. The van der Waals surface area contributed by atoms with Crippen molar-refractivity contribution in [3.8, 4) is 11.5 Å². The summed E-state index contributed by atoms with van der Waals surface area (Å²) < 4.78 is 10.6. The first kappa shape index (κ1) is 14.9. The number of hydrogen-bond donors (Lipinski definition) is 1. The van der Waals surface area contributed by atoms with Gasteiger partial charge in [-0.3, -0.25) is 0 Å². The molecular formula is C16H21NO2S. The lowest BCUT2D eigenvalue weighted by Gasteiger charge is -2.15. The summed E-state index contributed by atoms with van der Waals surface area (Å²) >= 11 is 1.80. The van der Waals surface area contributed by atoms with Gasteiger partial charge in [-0.25, -0.2) is 0 Å².